The smallest absolute Gasteiger partial charge is 0.325 e. The van der Waals surface area contributed by atoms with Crippen LogP contribution in [0.1, 0.15) is 34.4 Å². The van der Waals surface area contributed by atoms with Crippen LogP contribution in [-0.2, 0) is 14.3 Å². The second-order valence-corrected chi connectivity index (χ2v) is 8.09. The number of likely N-dealkylation sites (tertiary alicyclic amines) is 1. The molecule has 2 bridgehead atoms. The SMILES string of the molecule is COC(=O)CNC(=O)[C@H]1[C@@H]2C[C@@H](CN(C(=O)c3ccsc3)C2)c2cccc(=O)n21. The van der Waals surface area contributed by atoms with Crippen LogP contribution in [-0.4, -0.2) is 54.0 Å². The van der Waals surface area contributed by atoms with Crippen molar-refractivity contribution < 1.29 is 19.1 Å². The van der Waals surface area contributed by atoms with Crippen LogP contribution in [0.5, 0.6) is 0 Å². The van der Waals surface area contributed by atoms with Crippen LogP contribution in [0.15, 0.2) is 39.8 Å². The van der Waals surface area contributed by atoms with Crippen LogP contribution in [0.3, 0.4) is 0 Å². The van der Waals surface area contributed by atoms with Crippen molar-refractivity contribution in [1.29, 1.82) is 0 Å². The van der Waals surface area contributed by atoms with Gasteiger partial charge < -0.3 is 15.0 Å². The van der Waals surface area contributed by atoms with Gasteiger partial charge >= 0.3 is 5.97 Å². The second kappa shape index (κ2) is 7.82. The number of nitrogens with zero attached hydrogens (tertiary/aromatic N) is 2. The van der Waals surface area contributed by atoms with E-state index in [0.29, 0.717) is 25.1 Å². The van der Waals surface area contributed by atoms with Crippen molar-refractivity contribution in [2.75, 3.05) is 26.7 Å². The van der Waals surface area contributed by atoms with E-state index in [0.717, 1.165) is 5.69 Å². The Morgan fingerprint density at radius 1 is 1.24 bits per heavy atom. The zero-order valence-electron chi connectivity index (χ0n) is 15.9. The number of rotatable bonds is 4. The molecule has 152 valence electrons. The third-order valence-corrected chi connectivity index (χ3v) is 6.29. The number of thiophene rings is 1. The zero-order valence-corrected chi connectivity index (χ0v) is 16.7. The van der Waals surface area contributed by atoms with E-state index in [1.165, 1.54) is 29.1 Å². The number of fused-ring (bicyclic) bond motifs is 4. The molecule has 0 unspecified atom stereocenters. The molecule has 29 heavy (non-hydrogen) atoms. The highest BCUT2D eigenvalue weighted by atomic mass is 32.1. The minimum atomic E-state index is -0.780. The zero-order chi connectivity index (χ0) is 20.5. The molecule has 0 radical (unpaired) electrons. The summed E-state index contributed by atoms with van der Waals surface area (Å²) in [5.41, 5.74) is 1.12. The molecule has 2 aromatic rings. The molecule has 3 atom stereocenters. The Hall–Kier alpha value is -2.94. The van der Waals surface area contributed by atoms with E-state index in [-0.39, 0.29) is 29.8 Å². The molecule has 2 aliphatic heterocycles. The van der Waals surface area contributed by atoms with Crippen LogP contribution < -0.4 is 10.9 Å². The first-order valence-corrected chi connectivity index (χ1v) is 10.3. The third-order valence-electron chi connectivity index (χ3n) is 5.61. The van der Waals surface area contributed by atoms with E-state index in [4.69, 9.17) is 0 Å². The average Bonchev–Trinajstić information content (AvgIpc) is 3.27. The summed E-state index contributed by atoms with van der Waals surface area (Å²) >= 11 is 1.46. The van der Waals surface area contributed by atoms with E-state index in [2.05, 4.69) is 10.1 Å². The quantitative estimate of drug-likeness (QED) is 0.752. The lowest BCUT2D eigenvalue weighted by atomic mass is 9.78. The van der Waals surface area contributed by atoms with Crippen molar-refractivity contribution in [3.8, 4) is 0 Å². The molecule has 0 spiro atoms. The fraction of sp³-hybridized carbons (Fsp3) is 0.400. The molecule has 0 aromatic carbocycles. The largest absolute Gasteiger partial charge is 0.468 e. The maximum Gasteiger partial charge on any atom is 0.325 e. The molecule has 0 aliphatic carbocycles. The first kappa shape index (κ1) is 19.4. The Labute approximate surface area is 171 Å². The minimum Gasteiger partial charge on any atom is -0.468 e. The summed E-state index contributed by atoms with van der Waals surface area (Å²) in [5, 5.41) is 6.24. The molecule has 1 N–H and O–H groups in total. The monoisotopic (exact) mass is 415 g/mol. The third kappa shape index (κ3) is 3.57. The molecule has 1 fully saturated rings. The summed E-state index contributed by atoms with van der Waals surface area (Å²) in [7, 11) is 1.24. The lowest BCUT2D eigenvalue weighted by molar-refractivity contribution is -0.142. The predicted octanol–water partition coefficient (Wildman–Crippen LogP) is 1.000. The summed E-state index contributed by atoms with van der Waals surface area (Å²) in [6.45, 7) is 0.615. The van der Waals surface area contributed by atoms with Gasteiger partial charge in [-0.3, -0.25) is 23.7 Å². The number of carbonyl (C=O) groups is 3. The molecule has 4 heterocycles. The lowest BCUT2D eigenvalue weighted by Crippen LogP contribution is -2.54. The van der Waals surface area contributed by atoms with Crippen molar-refractivity contribution in [2.24, 2.45) is 5.92 Å². The number of hydrogen-bond donors (Lipinski definition) is 1. The molecule has 2 aliphatic rings. The topological polar surface area (TPSA) is 97.7 Å². The average molecular weight is 415 g/mol. The Morgan fingerprint density at radius 3 is 2.79 bits per heavy atom. The Kier molecular flexibility index (Phi) is 5.23. The highest BCUT2D eigenvalue weighted by Crippen LogP contribution is 2.41. The van der Waals surface area contributed by atoms with Gasteiger partial charge in [0.15, 0.2) is 0 Å². The van der Waals surface area contributed by atoms with Gasteiger partial charge in [-0.25, -0.2) is 0 Å². The van der Waals surface area contributed by atoms with Crippen molar-refractivity contribution >= 4 is 29.1 Å². The van der Waals surface area contributed by atoms with E-state index in [1.54, 1.807) is 17.0 Å². The summed E-state index contributed by atoms with van der Waals surface area (Å²) in [6, 6.07) is 5.95. The molecule has 2 amide bonds. The van der Waals surface area contributed by atoms with Gasteiger partial charge in [-0.05, 0) is 23.9 Å². The molecule has 2 aromatic heterocycles. The van der Waals surface area contributed by atoms with Crippen LogP contribution in [0.2, 0.25) is 0 Å². The second-order valence-electron chi connectivity index (χ2n) is 7.31. The van der Waals surface area contributed by atoms with Crippen LogP contribution in [0.25, 0.3) is 0 Å². The standard InChI is InChI=1S/C20H21N3O5S/c1-28-17(25)8-21-19(26)18-14-7-13(15-3-2-4-16(24)23(15)18)9-22(10-14)20(27)12-5-6-29-11-12/h2-6,11,13-14,18H,7-10H2,1H3,(H,21,26)/t13-,14+,18+/m0/s1. The molecular formula is C20H21N3O5S. The van der Waals surface area contributed by atoms with Crippen molar-refractivity contribution in [3.05, 3.63) is 56.6 Å². The van der Waals surface area contributed by atoms with Gasteiger partial charge in [0.1, 0.15) is 12.6 Å². The normalized spacial score (nSPS) is 22.5. The predicted molar refractivity (Wildman–Crippen MR) is 106 cm³/mol. The highest BCUT2D eigenvalue weighted by Gasteiger charge is 2.44. The van der Waals surface area contributed by atoms with Crippen molar-refractivity contribution in [3.63, 3.8) is 0 Å². The fourth-order valence-corrected chi connectivity index (χ4v) is 4.97. The number of amides is 2. The van der Waals surface area contributed by atoms with Gasteiger partial charge in [-0.1, -0.05) is 6.07 Å². The van der Waals surface area contributed by atoms with Gasteiger partial charge in [0.05, 0.1) is 12.7 Å². The number of piperidine rings is 1. The molecule has 0 saturated carbocycles. The summed E-state index contributed by atoms with van der Waals surface area (Å²) in [5.74, 6) is -1.29. The lowest BCUT2D eigenvalue weighted by Gasteiger charge is -2.46. The van der Waals surface area contributed by atoms with Gasteiger partial charge in [0.25, 0.3) is 11.5 Å². The summed E-state index contributed by atoms with van der Waals surface area (Å²) in [6.07, 6.45) is 0.702. The molecule has 8 nitrogen and oxygen atoms in total. The summed E-state index contributed by atoms with van der Waals surface area (Å²) in [4.78, 5) is 51.7. The van der Waals surface area contributed by atoms with Crippen LogP contribution in [0.4, 0.5) is 0 Å². The van der Waals surface area contributed by atoms with Gasteiger partial charge in [-0.2, -0.15) is 11.3 Å². The van der Waals surface area contributed by atoms with Crippen molar-refractivity contribution in [2.45, 2.75) is 18.4 Å². The number of aromatic nitrogens is 1. The molecule has 9 heteroatoms. The highest BCUT2D eigenvalue weighted by molar-refractivity contribution is 7.08. The maximum absolute atomic E-state index is 13.0. The van der Waals surface area contributed by atoms with Crippen LogP contribution >= 0.6 is 11.3 Å². The van der Waals surface area contributed by atoms with E-state index < -0.39 is 17.9 Å². The minimum absolute atomic E-state index is 0.0186. The Bertz CT molecular complexity index is 1000. The van der Waals surface area contributed by atoms with E-state index in [1.807, 2.05) is 16.8 Å². The number of hydrogen-bond acceptors (Lipinski definition) is 6. The molecular weight excluding hydrogens is 394 g/mol. The number of nitrogens with one attached hydrogen (secondary N) is 1. The summed E-state index contributed by atoms with van der Waals surface area (Å²) < 4.78 is 6.10. The number of ether oxygens (including phenoxy) is 1. The van der Waals surface area contributed by atoms with Gasteiger partial charge in [0.2, 0.25) is 5.91 Å². The van der Waals surface area contributed by atoms with Gasteiger partial charge in [0, 0.05) is 42.1 Å². The fourth-order valence-electron chi connectivity index (χ4n) is 4.34. The number of pyridine rings is 1. The number of carbonyl (C=O) groups excluding carboxylic acids is 3. The Balaban J connectivity index is 1.67. The first-order valence-electron chi connectivity index (χ1n) is 9.37. The van der Waals surface area contributed by atoms with E-state index >= 15 is 0 Å². The number of methoxy groups -OCH3 is 1. The first-order chi connectivity index (χ1) is 14.0. The molecule has 1 saturated heterocycles. The van der Waals surface area contributed by atoms with Crippen molar-refractivity contribution in [1.82, 2.24) is 14.8 Å². The van der Waals surface area contributed by atoms with Gasteiger partial charge in [-0.15, -0.1) is 0 Å². The molecule has 4 rings (SSSR count). The maximum atomic E-state index is 13.0. The van der Waals surface area contributed by atoms with Crippen LogP contribution in [0, 0.1) is 5.92 Å². The Morgan fingerprint density at radius 2 is 2.07 bits per heavy atom. The number of esters is 1. The van der Waals surface area contributed by atoms with E-state index in [9.17, 15) is 19.2 Å².